The highest BCUT2D eigenvalue weighted by molar-refractivity contribution is 5.22. The lowest BCUT2D eigenvalue weighted by Gasteiger charge is -2.14. The molecular formula is C15H19FN2O2. The summed E-state index contributed by atoms with van der Waals surface area (Å²) in [5.74, 6) is 1.11. The highest BCUT2D eigenvalue weighted by atomic mass is 19.1. The van der Waals surface area contributed by atoms with Gasteiger partial charge in [0.15, 0.2) is 0 Å². The van der Waals surface area contributed by atoms with Gasteiger partial charge in [-0.25, -0.2) is 9.37 Å². The third kappa shape index (κ3) is 3.81. The Kier molecular flexibility index (Phi) is 5.12. The molecule has 0 aliphatic carbocycles. The largest absolute Gasteiger partial charge is 0.492 e. The van der Waals surface area contributed by atoms with Gasteiger partial charge in [-0.05, 0) is 26.0 Å². The molecule has 0 amide bonds. The fourth-order valence-corrected chi connectivity index (χ4v) is 2.01. The maximum absolute atomic E-state index is 13.0. The van der Waals surface area contributed by atoms with Gasteiger partial charge in [-0.3, -0.25) is 0 Å². The van der Waals surface area contributed by atoms with E-state index < -0.39 is 0 Å². The molecule has 1 aromatic carbocycles. The maximum Gasteiger partial charge on any atom is 0.137 e. The second kappa shape index (κ2) is 7.05. The van der Waals surface area contributed by atoms with Gasteiger partial charge in [0, 0.05) is 25.1 Å². The van der Waals surface area contributed by atoms with Crippen LogP contribution in [0.1, 0.15) is 25.8 Å². The summed E-state index contributed by atoms with van der Waals surface area (Å²) in [6.45, 7) is 5.66. The summed E-state index contributed by atoms with van der Waals surface area (Å²) in [6.07, 6.45) is 3.58. The van der Waals surface area contributed by atoms with Crippen LogP contribution < -0.4 is 4.74 Å². The predicted molar refractivity (Wildman–Crippen MR) is 74.2 cm³/mol. The molecule has 0 aliphatic rings. The number of hydrogen-bond donors (Lipinski definition) is 0. The lowest BCUT2D eigenvalue weighted by atomic mass is 10.3. The molecule has 2 rings (SSSR count). The Bertz CT molecular complexity index is 542. The summed E-state index contributed by atoms with van der Waals surface area (Å²) in [7, 11) is 0. The van der Waals surface area contributed by atoms with Crippen LogP contribution in [0.3, 0.4) is 0 Å². The molecule has 0 saturated carbocycles. The second-order valence-electron chi connectivity index (χ2n) is 4.38. The summed E-state index contributed by atoms with van der Waals surface area (Å²) >= 11 is 0. The van der Waals surface area contributed by atoms with Crippen LogP contribution in [-0.4, -0.2) is 22.8 Å². The number of halogens is 1. The molecule has 0 N–H and O–H groups in total. The quantitative estimate of drug-likeness (QED) is 0.780. The number of hydrogen-bond acceptors (Lipinski definition) is 3. The Hall–Kier alpha value is -1.88. The molecule has 0 aliphatic heterocycles. The third-order valence-corrected chi connectivity index (χ3v) is 2.92. The highest BCUT2D eigenvalue weighted by Gasteiger charge is 2.11. The van der Waals surface area contributed by atoms with E-state index in [4.69, 9.17) is 9.47 Å². The normalized spacial score (nSPS) is 12.3. The Morgan fingerprint density at radius 3 is 3.00 bits per heavy atom. The predicted octanol–water partition coefficient (Wildman–Crippen LogP) is 3.20. The average molecular weight is 278 g/mol. The third-order valence-electron chi connectivity index (χ3n) is 2.92. The van der Waals surface area contributed by atoms with Crippen molar-refractivity contribution in [3.8, 4) is 5.75 Å². The first-order valence-electron chi connectivity index (χ1n) is 6.71. The van der Waals surface area contributed by atoms with Crippen LogP contribution in [0.4, 0.5) is 4.39 Å². The molecule has 5 heteroatoms. The van der Waals surface area contributed by atoms with Gasteiger partial charge in [0.25, 0.3) is 0 Å². The molecule has 1 aromatic heterocycles. The van der Waals surface area contributed by atoms with Gasteiger partial charge in [-0.2, -0.15) is 0 Å². The molecule has 108 valence electrons. The van der Waals surface area contributed by atoms with Gasteiger partial charge < -0.3 is 14.0 Å². The summed E-state index contributed by atoms with van der Waals surface area (Å²) in [4.78, 5) is 4.30. The van der Waals surface area contributed by atoms with Crippen molar-refractivity contribution in [2.24, 2.45) is 0 Å². The number of aromatic nitrogens is 2. The van der Waals surface area contributed by atoms with E-state index in [2.05, 4.69) is 4.98 Å². The Labute approximate surface area is 118 Å². The number of benzene rings is 1. The minimum atomic E-state index is -0.296. The zero-order valence-electron chi connectivity index (χ0n) is 11.8. The van der Waals surface area contributed by atoms with E-state index >= 15 is 0 Å². The molecular weight excluding hydrogens is 259 g/mol. The van der Waals surface area contributed by atoms with Crippen molar-refractivity contribution in [3.63, 3.8) is 0 Å². The fraction of sp³-hybridized carbons (Fsp3) is 0.400. The van der Waals surface area contributed by atoms with Crippen molar-refractivity contribution in [1.82, 2.24) is 9.55 Å². The summed E-state index contributed by atoms with van der Waals surface area (Å²) in [6, 6.07) is 6.13. The molecule has 0 bridgehead atoms. The van der Waals surface area contributed by atoms with Crippen LogP contribution in [0, 0.1) is 5.82 Å². The van der Waals surface area contributed by atoms with Gasteiger partial charge >= 0.3 is 0 Å². The van der Waals surface area contributed by atoms with Crippen molar-refractivity contribution >= 4 is 0 Å². The van der Waals surface area contributed by atoms with Crippen LogP contribution >= 0.6 is 0 Å². The molecule has 4 nitrogen and oxygen atoms in total. The zero-order chi connectivity index (χ0) is 14.4. The van der Waals surface area contributed by atoms with Crippen molar-refractivity contribution in [2.45, 2.75) is 26.5 Å². The first kappa shape index (κ1) is 14.5. The molecule has 0 fully saturated rings. The number of ether oxygens (including phenoxy) is 2. The number of imidazole rings is 1. The summed E-state index contributed by atoms with van der Waals surface area (Å²) in [5, 5.41) is 0. The fourth-order valence-electron chi connectivity index (χ4n) is 2.01. The minimum absolute atomic E-state index is 0.0517. The van der Waals surface area contributed by atoms with E-state index in [0.717, 1.165) is 5.82 Å². The average Bonchev–Trinajstić information content (AvgIpc) is 2.87. The number of rotatable bonds is 7. The van der Waals surface area contributed by atoms with Crippen molar-refractivity contribution in [1.29, 1.82) is 0 Å². The highest BCUT2D eigenvalue weighted by Crippen LogP contribution is 2.15. The van der Waals surface area contributed by atoms with Crippen molar-refractivity contribution in [3.05, 3.63) is 48.3 Å². The van der Waals surface area contributed by atoms with Gasteiger partial charge in [0.1, 0.15) is 30.1 Å². The first-order chi connectivity index (χ1) is 9.70. The molecule has 2 aromatic rings. The van der Waals surface area contributed by atoms with Crippen LogP contribution in [0.15, 0.2) is 36.7 Å². The van der Waals surface area contributed by atoms with Crippen molar-refractivity contribution < 1.29 is 13.9 Å². The van der Waals surface area contributed by atoms with Gasteiger partial charge in [0.2, 0.25) is 0 Å². The summed E-state index contributed by atoms with van der Waals surface area (Å²) in [5.41, 5.74) is 0. The molecule has 20 heavy (non-hydrogen) atoms. The molecule has 1 atom stereocenters. The monoisotopic (exact) mass is 278 g/mol. The van der Waals surface area contributed by atoms with Crippen LogP contribution in [0.25, 0.3) is 0 Å². The Balaban J connectivity index is 1.90. The standard InChI is InChI=1S/C15H19FN2O2/c1-3-19-12(2)15-17-7-8-18(15)9-10-20-14-6-4-5-13(16)11-14/h4-8,11-12H,3,9-10H2,1-2H3/t12-/m1/s1. The minimum Gasteiger partial charge on any atom is -0.492 e. The van der Waals surface area contributed by atoms with Crippen LogP contribution in [0.2, 0.25) is 0 Å². The van der Waals surface area contributed by atoms with Gasteiger partial charge in [-0.1, -0.05) is 6.07 Å². The molecule has 0 saturated heterocycles. The zero-order valence-corrected chi connectivity index (χ0v) is 11.8. The van der Waals surface area contributed by atoms with E-state index in [-0.39, 0.29) is 11.9 Å². The van der Waals surface area contributed by atoms with E-state index in [1.54, 1.807) is 18.3 Å². The molecule has 0 radical (unpaired) electrons. The van der Waals surface area contributed by atoms with Crippen LogP contribution in [-0.2, 0) is 11.3 Å². The van der Waals surface area contributed by atoms with Crippen LogP contribution in [0.5, 0.6) is 5.75 Å². The van der Waals surface area contributed by atoms with E-state index in [0.29, 0.717) is 25.5 Å². The van der Waals surface area contributed by atoms with Gasteiger partial charge in [-0.15, -0.1) is 0 Å². The Morgan fingerprint density at radius 1 is 1.40 bits per heavy atom. The maximum atomic E-state index is 13.0. The lowest BCUT2D eigenvalue weighted by Crippen LogP contribution is -2.13. The van der Waals surface area contributed by atoms with Gasteiger partial charge in [0.05, 0.1) is 6.54 Å². The SMILES string of the molecule is CCO[C@H](C)c1nccn1CCOc1cccc(F)c1. The molecule has 1 heterocycles. The van der Waals surface area contributed by atoms with E-state index in [1.165, 1.54) is 12.1 Å². The van der Waals surface area contributed by atoms with Crippen molar-refractivity contribution in [2.75, 3.05) is 13.2 Å². The lowest BCUT2D eigenvalue weighted by molar-refractivity contribution is 0.0669. The molecule has 0 spiro atoms. The summed E-state index contributed by atoms with van der Waals surface area (Å²) < 4.78 is 26.1. The van der Waals surface area contributed by atoms with E-state index in [1.807, 2.05) is 24.6 Å². The smallest absolute Gasteiger partial charge is 0.137 e. The topological polar surface area (TPSA) is 36.3 Å². The number of nitrogens with zero attached hydrogens (tertiary/aromatic N) is 2. The van der Waals surface area contributed by atoms with E-state index in [9.17, 15) is 4.39 Å². The molecule has 0 unspecified atom stereocenters. The first-order valence-corrected chi connectivity index (χ1v) is 6.71. The Morgan fingerprint density at radius 2 is 2.25 bits per heavy atom. The second-order valence-corrected chi connectivity index (χ2v) is 4.38.